The van der Waals surface area contributed by atoms with Gasteiger partial charge in [0.1, 0.15) is 5.69 Å². The summed E-state index contributed by atoms with van der Waals surface area (Å²) in [7, 11) is 0. The number of aliphatic carboxylic acids is 1. The van der Waals surface area contributed by atoms with Crippen LogP contribution in [-0.2, 0) is 16.8 Å². The minimum Gasteiger partial charge on any atom is -0.550 e. The molecule has 0 N–H and O–H groups in total. The molecule has 1 saturated heterocycles. The summed E-state index contributed by atoms with van der Waals surface area (Å²) in [6.45, 7) is 8.46. The van der Waals surface area contributed by atoms with E-state index in [2.05, 4.69) is 60.2 Å². The minimum absolute atomic E-state index is 0.124. The lowest BCUT2D eigenvalue weighted by Gasteiger charge is -2.39. The molecule has 1 aliphatic rings. The molecule has 2 aromatic carbocycles. The van der Waals surface area contributed by atoms with Gasteiger partial charge in [-0.2, -0.15) is 0 Å². The third-order valence-electron chi connectivity index (χ3n) is 5.44. The van der Waals surface area contributed by atoms with Crippen LogP contribution < -0.4 is 5.11 Å². The maximum absolute atomic E-state index is 10.8. The monoisotopic (exact) mass is 389 g/mol. The van der Waals surface area contributed by atoms with E-state index in [0.717, 1.165) is 29.1 Å². The molecular formula is C23H25N4O2-. The van der Waals surface area contributed by atoms with Crippen LogP contribution in [0.25, 0.3) is 16.9 Å². The first-order valence-electron chi connectivity index (χ1n) is 9.85. The number of carbonyl (C=O) groups excluding carboxylic acids is 1. The van der Waals surface area contributed by atoms with Crippen molar-refractivity contribution in [3.63, 3.8) is 0 Å². The van der Waals surface area contributed by atoms with E-state index in [9.17, 15) is 9.90 Å². The largest absolute Gasteiger partial charge is 0.550 e. The first-order valence-corrected chi connectivity index (χ1v) is 9.85. The number of hydrogen-bond donors (Lipinski definition) is 0. The van der Waals surface area contributed by atoms with Crippen molar-refractivity contribution in [1.29, 1.82) is 0 Å². The van der Waals surface area contributed by atoms with E-state index in [1.54, 1.807) is 4.68 Å². The van der Waals surface area contributed by atoms with Gasteiger partial charge in [0.2, 0.25) is 0 Å². The third-order valence-corrected chi connectivity index (χ3v) is 5.44. The Kier molecular flexibility index (Phi) is 4.96. The normalized spacial score (nSPS) is 15.3. The molecule has 6 nitrogen and oxygen atoms in total. The molecule has 0 radical (unpaired) electrons. The second-order valence-corrected chi connectivity index (χ2v) is 8.75. The fourth-order valence-electron chi connectivity index (χ4n) is 3.52. The van der Waals surface area contributed by atoms with Gasteiger partial charge in [-0.15, -0.1) is 5.10 Å². The molecule has 0 spiro atoms. The zero-order valence-electron chi connectivity index (χ0n) is 17.0. The van der Waals surface area contributed by atoms with Crippen molar-refractivity contribution in [2.75, 3.05) is 13.1 Å². The van der Waals surface area contributed by atoms with Gasteiger partial charge in [-0.05, 0) is 28.7 Å². The van der Waals surface area contributed by atoms with Gasteiger partial charge in [0, 0.05) is 37.1 Å². The number of carboxylic acid groups (broad SMARTS) is 1. The van der Waals surface area contributed by atoms with Gasteiger partial charge in [0.05, 0.1) is 11.9 Å². The number of hydrogen-bond acceptors (Lipinski definition) is 5. The molecule has 6 heteroatoms. The first kappa shape index (κ1) is 19.3. The number of rotatable bonds is 5. The highest BCUT2D eigenvalue weighted by Crippen LogP contribution is 2.25. The highest BCUT2D eigenvalue weighted by molar-refractivity contribution is 5.69. The summed E-state index contributed by atoms with van der Waals surface area (Å²) in [6, 6.07) is 16.6. The molecule has 3 aromatic rings. The molecule has 0 atom stereocenters. The van der Waals surface area contributed by atoms with Gasteiger partial charge in [0.15, 0.2) is 0 Å². The SMILES string of the molecule is CC(C)(C)c1ccc(-c2cn(-c3ccc(CN4CC(C(=O)[O-])C4)cc3)nn2)cc1. The molecule has 29 heavy (non-hydrogen) atoms. The fraction of sp³-hybridized carbons (Fsp3) is 0.348. The summed E-state index contributed by atoms with van der Waals surface area (Å²) in [5, 5.41) is 19.4. The van der Waals surface area contributed by atoms with Crippen molar-refractivity contribution in [2.24, 2.45) is 5.92 Å². The Morgan fingerprint density at radius 3 is 2.31 bits per heavy atom. The Bertz CT molecular complexity index is 995. The van der Waals surface area contributed by atoms with Crippen LogP contribution in [0.2, 0.25) is 0 Å². The molecule has 1 fully saturated rings. The number of likely N-dealkylation sites (tertiary alicyclic amines) is 1. The predicted octanol–water partition coefficient (Wildman–Crippen LogP) is 2.41. The molecule has 4 rings (SSSR count). The van der Waals surface area contributed by atoms with Crippen molar-refractivity contribution < 1.29 is 9.90 Å². The summed E-state index contributed by atoms with van der Waals surface area (Å²) >= 11 is 0. The zero-order valence-corrected chi connectivity index (χ0v) is 17.0. The van der Waals surface area contributed by atoms with Gasteiger partial charge < -0.3 is 9.90 Å². The average molecular weight is 389 g/mol. The third kappa shape index (κ3) is 4.22. The molecule has 0 saturated carbocycles. The Labute approximate surface area is 170 Å². The van der Waals surface area contributed by atoms with Crippen LogP contribution in [0.5, 0.6) is 0 Å². The van der Waals surface area contributed by atoms with E-state index in [4.69, 9.17) is 0 Å². The van der Waals surface area contributed by atoms with E-state index in [1.807, 2.05) is 30.5 Å². The van der Waals surface area contributed by atoms with Crippen LogP contribution >= 0.6 is 0 Å². The topological polar surface area (TPSA) is 74.1 Å². The summed E-state index contributed by atoms with van der Waals surface area (Å²) < 4.78 is 1.77. The quantitative estimate of drug-likeness (QED) is 0.670. The second kappa shape index (κ2) is 7.44. The molecule has 1 aromatic heterocycles. The second-order valence-electron chi connectivity index (χ2n) is 8.75. The van der Waals surface area contributed by atoms with Gasteiger partial charge in [-0.1, -0.05) is 62.4 Å². The Balaban J connectivity index is 1.42. The Morgan fingerprint density at radius 2 is 1.72 bits per heavy atom. The molecule has 2 heterocycles. The zero-order chi connectivity index (χ0) is 20.6. The molecule has 1 aliphatic heterocycles. The maximum Gasteiger partial charge on any atom is 0.113 e. The summed E-state index contributed by atoms with van der Waals surface area (Å²) in [6.07, 6.45) is 1.93. The first-order chi connectivity index (χ1) is 13.8. The van der Waals surface area contributed by atoms with Gasteiger partial charge in [-0.25, -0.2) is 4.68 Å². The van der Waals surface area contributed by atoms with E-state index in [1.165, 1.54) is 5.56 Å². The fourth-order valence-corrected chi connectivity index (χ4v) is 3.52. The molecule has 0 amide bonds. The van der Waals surface area contributed by atoms with E-state index in [-0.39, 0.29) is 11.3 Å². The molecule has 0 aliphatic carbocycles. The number of aromatic nitrogens is 3. The number of benzene rings is 2. The molecule has 0 bridgehead atoms. The standard InChI is InChI=1S/C23H26N4O2/c1-23(2,3)19-8-6-17(7-9-19)21-15-27(25-24-21)20-10-4-16(5-11-20)12-26-13-18(14-26)22(28)29/h4-11,15,18H,12-14H2,1-3H3,(H,28,29)/p-1. The smallest absolute Gasteiger partial charge is 0.113 e. The van der Waals surface area contributed by atoms with Crippen LogP contribution in [-0.4, -0.2) is 39.0 Å². The van der Waals surface area contributed by atoms with Crippen LogP contribution in [0.15, 0.2) is 54.7 Å². The highest BCUT2D eigenvalue weighted by atomic mass is 16.4. The number of carboxylic acids is 1. The Hall–Kier alpha value is -2.99. The summed E-state index contributed by atoms with van der Waals surface area (Å²) in [4.78, 5) is 12.9. The molecular weight excluding hydrogens is 364 g/mol. The van der Waals surface area contributed by atoms with Crippen molar-refractivity contribution in [3.05, 3.63) is 65.9 Å². The van der Waals surface area contributed by atoms with Gasteiger partial charge >= 0.3 is 0 Å². The van der Waals surface area contributed by atoms with Crippen LogP contribution in [0.4, 0.5) is 0 Å². The lowest BCUT2D eigenvalue weighted by Crippen LogP contribution is -2.53. The van der Waals surface area contributed by atoms with Crippen molar-refractivity contribution in [3.8, 4) is 16.9 Å². The highest BCUT2D eigenvalue weighted by Gasteiger charge is 2.27. The summed E-state index contributed by atoms with van der Waals surface area (Å²) in [5.41, 5.74) is 5.37. The molecule has 150 valence electrons. The Morgan fingerprint density at radius 1 is 1.07 bits per heavy atom. The van der Waals surface area contributed by atoms with Gasteiger partial charge in [-0.3, -0.25) is 4.90 Å². The lowest BCUT2D eigenvalue weighted by atomic mass is 9.86. The van der Waals surface area contributed by atoms with E-state index < -0.39 is 5.97 Å². The molecule has 0 unspecified atom stereocenters. The van der Waals surface area contributed by atoms with Crippen molar-refractivity contribution in [1.82, 2.24) is 19.9 Å². The van der Waals surface area contributed by atoms with E-state index >= 15 is 0 Å². The average Bonchev–Trinajstić information content (AvgIpc) is 3.14. The number of nitrogens with zero attached hydrogens (tertiary/aromatic N) is 4. The van der Waals surface area contributed by atoms with Gasteiger partial charge in [0.25, 0.3) is 0 Å². The van der Waals surface area contributed by atoms with Crippen molar-refractivity contribution >= 4 is 5.97 Å². The maximum atomic E-state index is 10.8. The lowest BCUT2D eigenvalue weighted by molar-refractivity contribution is -0.315. The van der Waals surface area contributed by atoms with Crippen LogP contribution in [0, 0.1) is 5.92 Å². The van der Waals surface area contributed by atoms with Crippen LogP contribution in [0.3, 0.4) is 0 Å². The minimum atomic E-state index is -0.952. The predicted molar refractivity (Wildman–Crippen MR) is 109 cm³/mol. The van der Waals surface area contributed by atoms with E-state index in [0.29, 0.717) is 13.1 Å². The van der Waals surface area contributed by atoms with Crippen LogP contribution in [0.1, 0.15) is 31.9 Å². The van der Waals surface area contributed by atoms with Crippen molar-refractivity contribution in [2.45, 2.75) is 32.7 Å². The summed E-state index contributed by atoms with van der Waals surface area (Å²) in [5.74, 6) is -1.29. The number of carbonyl (C=O) groups is 1.